The van der Waals surface area contributed by atoms with Gasteiger partial charge < -0.3 is 19.3 Å². The summed E-state index contributed by atoms with van der Waals surface area (Å²) < 4.78 is 7.36. The van der Waals surface area contributed by atoms with E-state index in [4.69, 9.17) is 4.74 Å². The zero-order valence-electron chi connectivity index (χ0n) is 13.3. The average Bonchev–Trinajstić information content (AvgIpc) is 3.14. The Labute approximate surface area is 131 Å². The summed E-state index contributed by atoms with van der Waals surface area (Å²) in [6.45, 7) is 4.03. The summed E-state index contributed by atoms with van der Waals surface area (Å²) >= 11 is 0. The summed E-state index contributed by atoms with van der Waals surface area (Å²) in [4.78, 5) is 18.8. The zero-order chi connectivity index (χ0) is 15.7. The van der Waals surface area contributed by atoms with Crippen molar-refractivity contribution < 1.29 is 14.6 Å². The maximum atomic E-state index is 12.7. The van der Waals surface area contributed by atoms with Gasteiger partial charge in [0, 0.05) is 45.1 Å². The average molecular weight is 307 g/mol. The van der Waals surface area contributed by atoms with Gasteiger partial charge in [0.15, 0.2) is 0 Å². The van der Waals surface area contributed by atoms with Crippen molar-refractivity contribution in [3.8, 4) is 0 Å². The minimum absolute atomic E-state index is 0.00680. The van der Waals surface area contributed by atoms with Gasteiger partial charge in [-0.25, -0.2) is 4.98 Å². The van der Waals surface area contributed by atoms with Crippen LogP contribution in [0.5, 0.6) is 0 Å². The molecule has 6 nitrogen and oxygen atoms in total. The van der Waals surface area contributed by atoms with Gasteiger partial charge in [-0.1, -0.05) is 0 Å². The van der Waals surface area contributed by atoms with Gasteiger partial charge in [-0.3, -0.25) is 4.79 Å². The van der Waals surface area contributed by atoms with Gasteiger partial charge in [-0.05, 0) is 26.2 Å². The Hall–Kier alpha value is -1.40. The highest BCUT2D eigenvalue weighted by Crippen LogP contribution is 2.31. The van der Waals surface area contributed by atoms with E-state index in [-0.39, 0.29) is 23.8 Å². The first kappa shape index (κ1) is 15.5. The Bertz CT molecular complexity index is 530. The van der Waals surface area contributed by atoms with Crippen LogP contribution >= 0.6 is 0 Å². The Balaban J connectivity index is 1.66. The molecule has 2 aliphatic rings. The highest BCUT2D eigenvalue weighted by Gasteiger charge is 2.37. The van der Waals surface area contributed by atoms with Crippen LogP contribution in [-0.2, 0) is 16.6 Å². The molecule has 1 aromatic rings. The van der Waals surface area contributed by atoms with E-state index in [9.17, 15) is 9.90 Å². The van der Waals surface area contributed by atoms with Crippen LogP contribution in [0, 0.1) is 11.8 Å². The summed E-state index contributed by atoms with van der Waals surface area (Å²) in [5, 5.41) is 10.6. The minimum Gasteiger partial charge on any atom is -0.385 e. The van der Waals surface area contributed by atoms with E-state index in [2.05, 4.69) is 4.98 Å². The maximum Gasteiger partial charge on any atom is 0.228 e. The first-order valence-corrected chi connectivity index (χ1v) is 8.13. The van der Waals surface area contributed by atoms with Gasteiger partial charge in [0.1, 0.15) is 11.9 Å². The molecule has 22 heavy (non-hydrogen) atoms. The Morgan fingerprint density at radius 3 is 2.95 bits per heavy atom. The maximum absolute atomic E-state index is 12.7. The number of nitrogens with zero attached hydrogens (tertiary/aromatic N) is 3. The Morgan fingerprint density at radius 2 is 2.32 bits per heavy atom. The number of piperidine rings is 1. The summed E-state index contributed by atoms with van der Waals surface area (Å²) in [5.41, 5.74) is 0. The third kappa shape index (κ3) is 2.90. The summed E-state index contributed by atoms with van der Waals surface area (Å²) in [7, 11) is 1.88. The van der Waals surface area contributed by atoms with Crippen LogP contribution in [0.4, 0.5) is 0 Å². The van der Waals surface area contributed by atoms with E-state index in [1.165, 1.54) is 0 Å². The van der Waals surface area contributed by atoms with Crippen LogP contribution in [0.2, 0.25) is 0 Å². The normalized spacial score (nSPS) is 30.5. The lowest BCUT2D eigenvalue weighted by Gasteiger charge is -2.36. The number of carbonyl (C=O) groups is 1. The summed E-state index contributed by atoms with van der Waals surface area (Å²) in [5.74, 6) is 0.888. The van der Waals surface area contributed by atoms with Crippen molar-refractivity contribution in [2.45, 2.75) is 38.4 Å². The molecule has 0 bridgehead atoms. The SMILES string of the molecule is CC1OCCC1C(=O)N1CCCC(C(O)c2nccn2C)C1. The molecule has 3 rings (SSSR count). The van der Waals surface area contributed by atoms with Crippen LogP contribution in [0.1, 0.15) is 38.1 Å². The molecule has 0 radical (unpaired) electrons. The molecule has 122 valence electrons. The third-order valence-electron chi connectivity index (χ3n) is 5.03. The molecule has 4 atom stereocenters. The van der Waals surface area contributed by atoms with Crippen molar-refractivity contribution in [3.63, 3.8) is 0 Å². The van der Waals surface area contributed by atoms with Gasteiger partial charge in [-0.15, -0.1) is 0 Å². The first-order chi connectivity index (χ1) is 10.6. The van der Waals surface area contributed by atoms with Crippen LogP contribution in [-0.4, -0.2) is 51.3 Å². The van der Waals surface area contributed by atoms with Crippen molar-refractivity contribution >= 4 is 5.91 Å². The summed E-state index contributed by atoms with van der Waals surface area (Å²) in [6.07, 6.45) is 5.58. The molecule has 1 aromatic heterocycles. The van der Waals surface area contributed by atoms with E-state index in [0.29, 0.717) is 19.0 Å². The molecule has 1 N–H and O–H groups in total. The highest BCUT2D eigenvalue weighted by molar-refractivity contribution is 5.79. The standard InChI is InChI=1S/C16H25N3O3/c1-11-13(5-9-22-11)16(21)19-7-3-4-12(10-19)14(20)15-17-6-8-18(15)2/h6,8,11-14,20H,3-5,7,9-10H2,1-2H3. The predicted molar refractivity (Wildman–Crippen MR) is 81.0 cm³/mol. The van der Waals surface area contributed by atoms with Gasteiger partial charge in [0.2, 0.25) is 5.91 Å². The van der Waals surface area contributed by atoms with Crippen LogP contribution in [0.15, 0.2) is 12.4 Å². The van der Waals surface area contributed by atoms with Crippen molar-refractivity contribution in [1.29, 1.82) is 0 Å². The predicted octanol–water partition coefficient (Wildman–Crippen LogP) is 1.12. The molecule has 0 spiro atoms. The largest absolute Gasteiger partial charge is 0.385 e. The fourth-order valence-electron chi connectivity index (χ4n) is 3.63. The smallest absolute Gasteiger partial charge is 0.228 e. The fourth-order valence-corrected chi connectivity index (χ4v) is 3.63. The van der Waals surface area contributed by atoms with Gasteiger partial charge >= 0.3 is 0 Å². The number of aryl methyl sites for hydroxylation is 1. The second-order valence-electron chi connectivity index (χ2n) is 6.50. The molecule has 2 fully saturated rings. The quantitative estimate of drug-likeness (QED) is 0.908. The van der Waals surface area contributed by atoms with Crippen LogP contribution < -0.4 is 0 Å². The number of aliphatic hydroxyl groups excluding tert-OH is 1. The van der Waals surface area contributed by atoms with E-state index < -0.39 is 6.10 Å². The number of ether oxygens (including phenoxy) is 1. The monoisotopic (exact) mass is 307 g/mol. The lowest BCUT2D eigenvalue weighted by Crippen LogP contribution is -2.45. The van der Waals surface area contributed by atoms with Gasteiger partial charge in [0.25, 0.3) is 0 Å². The second kappa shape index (κ2) is 6.38. The first-order valence-electron chi connectivity index (χ1n) is 8.13. The number of hydrogen-bond acceptors (Lipinski definition) is 4. The van der Waals surface area contributed by atoms with E-state index >= 15 is 0 Å². The summed E-state index contributed by atoms with van der Waals surface area (Å²) in [6, 6.07) is 0. The molecule has 4 unspecified atom stereocenters. The van der Waals surface area contributed by atoms with Crippen molar-refractivity contribution in [2.24, 2.45) is 18.9 Å². The number of aliphatic hydroxyl groups is 1. The molecule has 1 amide bonds. The molecule has 3 heterocycles. The number of carbonyl (C=O) groups excluding carboxylic acids is 1. The van der Waals surface area contributed by atoms with E-state index in [1.54, 1.807) is 6.20 Å². The number of rotatable bonds is 3. The fraction of sp³-hybridized carbons (Fsp3) is 0.750. The van der Waals surface area contributed by atoms with E-state index in [0.717, 1.165) is 25.8 Å². The second-order valence-corrected chi connectivity index (χ2v) is 6.50. The highest BCUT2D eigenvalue weighted by atomic mass is 16.5. The number of imidazole rings is 1. The molecule has 2 aliphatic heterocycles. The molecule has 0 aromatic carbocycles. The van der Waals surface area contributed by atoms with Crippen LogP contribution in [0.3, 0.4) is 0 Å². The topological polar surface area (TPSA) is 67.6 Å². The molecule has 0 saturated carbocycles. The van der Waals surface area contributed by atoms with Crippen molar-refractivity contribution in [3.05, 3.63) is 18.2 Å². The lowest BCUT2D eigenvalue weighted by molar-refractivity contribution is -0.139. The third-order valence-corrected chi connectivity index (χ3v) is 5.03. The molecular weight excluding hydrogens is 282 g/mol. The van der Waals surface area contributed by atoms with Crippen molar-refractivity contribution in [1.82, 2.24) is 14.5 Å². The Kier molecular flexibility index (Phi) is 4.49. The van der Waals surface area contributed by atoms with Gasteiger partial charge in [0.05, 0.1) is 12.0 Å². The zero-order valence-corrected chi connectivity index (χ0v) is 13.3. The lowest BCUT2D eigenvalue weighted by atomic mass is 9.90. The number of likely N-dealkylation sites (tertiary alicyclic amines) is 1. The van der Waals surface area contributed by atoms with Crippen molar-refractivity contribution in [2.75, 3.05) is 19.7 Å². The van der Waals surface area contributed by atoms with Crippen LogP contribution in [0.25, 0.3) is 0 Å². The number of aromatic nitrogens is 2. The molecule has 2 saturated heterocycles. The molecule has 6 heteroatoms. The number of amides is 1. The van der Waals surface area contributed by atoms with E-state index in [1.807, 2.05) is 29.6 Å². The molecule has 0 aliphatic carbocycles. The van der Waals surface area contributed by atoms with Gasteiger partial charge in [-0.2, -0.15) is 0 Å². The molecular formula is C16H25N3O3. The minimum atomic E-state index is -0.618. The Morgan fingerprint density at radius 1 is 1.50 bits per heavy atom. The number of hydrogen-bond donors (Lipinski definition) is 1.